The molecule has 7 heteroatoms. The number of rotatable bonds is 6. The molecular formula is C11H13ClN2O4. The molecule has 0 bridgehead atoms. The zero-order chi connectivity index (χ0) is 13.7. The van der Waals surface area contributed by atoms with E-state index in [0.717, 1.165) is 0 Å². The lowest BCUT2D eigenvalue weighted by atomic mass is 10.2. The van der Waals surface area contributed by atoms with E-state index in [-0.39, 0.29) is 18.1 Å². The maximum Gasteiger partial charge on any atom is 0.326 e. The Hall–Kier alpha value is -1.82. The summed E-state index contributed by atoms with van der Waals surface area (Å²) in [6.45, 7) is 1.52. The SMILES string of the molecule is CC(C(=O)O)N(CCC(=O)O)c1cccnc1Cl. The van der Waals surface area contributed by atoms with Gasteiger partial charge in [0, 0.05) is 12.7 Å². The van der Waals surface area contributed by atoms with Gasteiger partial charge in [0.25, 0.3) is 0 Å². The Labute approximate surface area is 109 Å². The smallest absolute Gasteiger partial charge is 0.326 e. The van der Waals surface area contributed by atoms with Crippen molar-refractivity contribution in [1.29, 1.82) is 0 Å². The molecule has 2 N–H and O–H groups in total. The van der Waals surface area contributed by atoms with E-state index in [2.05, 4.69) is 4.98 Å². The van der Waals surface area contributed by atoms with Crippen molar-refractivity contribution in [2.24, 2.45) is 0 Å². The third-order valence-electron chi connectivity index (χ3n) is 2.44. The largest absolute Gasteiger partial charge is 0.481 e. The van der Waals surface area contributed by atoms with Gasteiger partial charge in [-0.25, -0.2) is 9.78 Å². The van der Waals surface area contributed by atoms with Gasteiger partial charge in [-0.05, 0) is 19.1 Å². The summed E-state index contributed by atoms with van der Waals surface area (Å²) in [5.41, 5.74) is 0.412. The number of carbonyl (C=O) groups is 2. The maximum atomic E-state index is 11.0. The first kappa shape index (κ1) is 14.2. The molecule has 0 aromatic carbocycles. The predicted molar refractivity (Wildman–Crippen MR) is 65.9 cm³/mol. The van der Waals surface area contributed by atoms with Gasteiger partial charge in [0.15, 0.2) is 5.15 Å². The normalized spacial score (nSPS) is 11.9. The Morgan fingerprint density at radius 3 is 2.67 bits per heavy atom. The number of aromatic nitrogens is 1. The van der Waals surface area contributed by atoms with Crippen molar-refractivity contribution >= 4 is 29.2 Å². The minimum Gasteiger partial charge on any atom is -0.481 e. The van der Waals surface area contributed by atoms with E-state index >= 15 is 0 Å². The second-order valence-electron chi connectivity index (χ2n) is 3.66. The molecule has 6 nitrogen and oxygen atoms in total. The number of halogens is 1. The highest BCUT2D eigenvalue weighted by Gasteiger charge is 2.23. The van der Waals surface area contributed by atoms with Gasteiger partial charge in [-0.2, -0.15) is 0 Å². The topological polar surface area (TPSA) is 90.7 Å². The highest BCUT2D eigenvalue weighted by molar-refractivity contribution is 6.32. The number of hydrogen-bond donors (Lipinski definition) is 2. The first-order valence-electron chi connectivity index (χ1n) is 5.25. The van der Waals surface area contributed by atoms with Crippen LogP contribution in [0.4, 0.5) is 5.69 Å². The third kappa shape index (κ3) is 3.59. The van der Waals surface area contributed by atoms with Gasteiger partial charge in [-0.3, -0.25) is 4.79 Å². The zero-order valence-electron chi connectivity index (χ0n) is 9.71. The van der Waals surface area contributed by atoms with Gasteiger partial charge in [0.2, 0.25) is 0 Å². The number of pyridine rings is 1. The predicted octanol–water partition coefficient (Wildman–Crippen LogP) is 1.49. The molecule has 0 aliphatic carbocycles. The standard InChI is InChI=1S/C11H13ClN2O4/c1-7(11(17)18)14(6-4-9(15)16)8-3-2-5-13-10(8)12/h2-3,5,7H,4,6H2,1H3,(H,15,16)(H,17,18). The van der Waals surface area contributed by atoms with Crippen LogP contribution in [0.3, 0.4) is 0 Å². The van der Waals surface area contributed by atoms with Gasteiger partial charge in [0.1, 0.15) is 6.04 Å². The Morgan fingerprint density at radius 2 is 2.17 bits per heavy atom. The highest BCUT2D eigenvalue weighted by atomic mass is 35.5. The summed E-state index contributed by atoms with van der Waals surface area (Å²) in [7, 11) is 0. The minimum absolute atomic E-state index is 0.0498. The molecule has 0 radical (unpaired) electrons. The lowest BCUT2D eigenvalue weighted by Gasteiger charge is -2.28. The van der Waals surface area contributed by atoms with Crippen LogP contribution < -0.4 is 4.90 Å². The van der Waals surface area contributed by atoms with Crippen LogP contribution >= 0.6 is 11.6 Å². The Morgan fingerprint density at radius 1 is 1.50 bits per heavy atom. The molecule has 1 rings (SSSR count). The molecule has 0 saturated carbocycles. The Bertz CT molecular complexity index is 452. The van der Waals surface area contributed by atoms with Crippen LogP contribution in [0.25, 0.3) is 0 Å². The van der Waals surface area contributed by atoms with Crippen molar-refractivity contribution in [1.82, 2.24) is 4.98 Å². The lowest BCUT2D eigenvalue weighted by molar-refractivity contribution is -0.139. The average molecular weight is 273 g/mol. The maximum absolute atomic E-state index is 11.0. The van der Waals surface area contributed by atoms with E-state index in [9.17, 15) is 9.59 Å². The number of carboxylic acid groups (broad SMARTS) is 2. The van der Waals surface area contributed by atoms with Crippen LogP contribution in [-0.4, -0.2) is 39.7 Å². The zero-order valence-corrected chi connectivity index (χ0v) is 10.5. The third-order valence-corrected chi connectivity index (χ3v) is 2.73. The molecule has 0 saturated heterocycles. The van der Waals surface area contributed by atoms with Gasteiger partial charge in [0.05, 0.1) is 12.1 Å². The molecule has 1 heterocycles. The quantitative estimate of drug-likeness (QED) is 0.763. The average Bonchev–Trinajstić information content (AvgIpc) is 2.30. The van der Waals surface area contributed by atoms with Crippen molar-refractivity contribution in [2.45, 2.75) is 19.4 Å². The molecule has 98 valence electrons. The van der Waals surface area contributed by atoms with Crippen molar-refractivity contribution in [2.75, 3.05) is 11.4 Å². The molecule has 18 heavy (non-hydrogen) atoms. The highest BCUT2D eigenvalue weighted by Crippen LogP contribution is 2.25. The second kappa shape index (κ2) is 6.20. The Kier molecular flexibility index (Phi) is 4.91. The van der Waals surface area contributed by atoms with Crippen molar-refractivity contribution in [3.8, 4) is 0 Å². The van der Waals surface area contributed by atoms with Crippen molar-refractivity contribution in [3.63, 3.8) is 0 Å². The van der Waals surface area contributed by atoms with Gasteiger partial charge < -0.3 is 15.1 Å². The van der Waals surface area contributed by atoms with Crippen molar-refractivity contribution in [3.05, 3.63) is 23.5 Å². The first-order chi connectivity index (χ1) is 8.43. The molecule has 1 aromatic rings. The van der Waals surface area contributed by atoms with Crippen LogP contribution in [0.2, 0.25) is 5.15 Å². The van der Waals surface area contributed by atoms with E-state index in [4.69, 9.17) is 21.8 Å². The van der Waals surface area contributed by atoms with E-state index in [1.807, 2.05) is 0 Å². The summed E-state index contributed by atoms with van der Waals surface area (Å²) >= 11 is 5.89. The summed E-state index contributed by atoms with van der Waals surface area (Å²) in [5.74, 6) is -2.06. The molecule has 1 aromatic heterocycles. The Balaban J connectivity index is 3.00. The molecule has 1 atom stereocenters. The second-order valence-corrected chi connectivity index (χ2v) is 4.02. The minimum atomic E-state index is -1.06. The summed E-state index contributed by atoms with van der Waals surface area (Å²) in [6, 6.07) is 2.34. The van der Waals surface area contributed by atoms with Crippen LogP contribution in [0, 0.1) is 0 Å². The van der Waals surface area contributed by atoms with Crippen molar-refractivity contribution < 1.29 is 19.8 Å². The molecule has 0 aliphatic heterocycles. The van der Waals surface area contributed by atoms with E-state index < -0.39 is 18.0 Å². The molecular weight excluding hydrogens is 260 g/mol. The van der Waals surface area contributed by atoms with Gasteiger partial charge in [-0.1, -0.05) is 11.6 Å². The van der Waals surface area contributed by atoms with Gasteiger partial charge >= 0.3 is 11.9 Å². The number of hydrogen-bond acceptors (Lipinski definition) is 4. The number of aliphatic carboxylic acids is 2. The summed E-state index contributed by atoms with van der Waals surface area (Å²) in [6.07, 6.45) is 1.30. The monoisotopic (exact) mass is 272 g/mol. The lowest BCUT2D eigenvalue weighted by Crippen LogP contribution is -2.40. The van der Waals surface area contributed by atoms with Crippen LogP contribution in [-0.2, 0) is 9.59 Å². The fourth-order valence-electron chi connectivity index (χ4n) is 1.46. The van der Waals surface area contributed by atoms with E-state index in [0.29, 0.717) is 5.69 Å². The molecule has 0 amide bonds. The van der Waals surface area contributed by atoms with Crippen LogP contribution in [0.15, 0.2) is 18.3 Å². The van der Waals surface area contributed by atoms with Crippen LogP contribution in [0.5, 0.6) is 0 Å². The number of carboxylic acids is 2. The fourth-order valence-corrected chi connectivity index (χ4v) is 1.69. The van der Waals surface area contributed by atoms with E-state index in [1.54, 1.807) is 12.1 Å². The number of nitrogens with zero attached hydrogens (tertiary/aromatic N) is 2. The summed E-state index contributed by atoms with van der Waals surface area (Å²) < 4.78 is 0. The molecule has 0 spiro atoms. The van der Waals surface area contributed by atoms with Gasteiger partial charge in [-0.15, -0.1) is 0 Å². The van der Waals surface area contributed by atoms with Crippen LogP contribution in [0.1, 0.15) is 13.3 Å². The fraction of sp³-hybridized carbons (Fsp3) is 0.364. The molecule has 0 fully saturated rings. The summed E-state index contributed by atoms with van der Waals surface area (Å²) in [5, 5.41) is 17.8. The first-order valence-corrected chi connectivity index (χ1v) is 5.63. The number of anilines is 1. The summed E-state index contributed by atoms with van der Waals surface area (Å²) in [4.78, 5) is 26.9. The molecule has 0 aliphatic rings. The van der Waals surface area contributed by atoms with E-state index in [1.165, 1.54) is 18.0 Å². The molecule has 1 unspecified atom stereocenters.